The van der Waals surface area contributed by atoms with Crippen LogP contribution in [0.5, 0.6) is 0 Å². The molecule has 3 nitrogen and oxygen atoms in total. The van der Waals surface area contributed by atoms with Gasteiger partial charge in [0.2, 0.25) is 0 Å². The van der Waals surface area contributed by atoms with Gasteiger partial charge in [0.25, 0.3) is 0 Å². The lowest BCUT2D eigenvalue weighted by atomic mass is 9.92. The third kappa shape index (κ3) is 1.39. The normalized spacial score (nSPS) is 12.3. The second-order valence-electron chi connectivity index (χ2n) is 4.62. The van der Waals surface area contributed by atoms with Crippen molar-refractivity contribution in [3.63, 3.8) is 0 Å². The standard InChI is InChI=1S/C11H15N3/c1-8-10-12-5-6-14(10)7-9(13-8)11(2,3)4/h5-7H,1-4H3. The lowest BCUT2D eigenvalue weighted by molar-refractivity contribution is 0.562. The van der Waals surface area contributed by atoms with Crippen LogP contribution in [0.4, 0.5) is 0 Å². The van der Waals surface area contributed by atoms with Gasteiger partial charge in [0.1, 0.15) is 0 Å². The second kappa shape index (κ2) is 2.80. The first kappa shape index (κ1) is 9.19. The first-order valence-electron chi connectivity index (χ1n) is 4.79. The molecule has 0 aliphatic rings. The fourth-order valence-electron chi connectivity index (χ4n) is 1.45. The van der Waals surface area contributed by atoms with Gasteiger partial charge in [-0.1, -0.05) is 20.8 Å². The van der Waals surface area contributed by atoms with Crippen LogP contribution in [0, 0.1) is 6.92 Å². The number of fused-ring (bicyclic) bond motifs is 1. The predicted molar refractivity (Wildman–Crippen MR) is 56.4 cm³/mol. The van der Waals surface area contributed by atoms with Gasteiger partial charge >= 0.3 is 0 Å². The highest BCUT2D eigenvalue weighted by molar-refractivity contribution is 5.43. The summed E-state index contributed by atoms with van der Waals surface area (Å²) in [4.78, 5) is 8.80. The molecule has 0 atom stereocenters. The van der Waals surface area contributed by atoms with Crippen LogP contribution in [-0.2, 0) is 5.41 Å². The van der Waals surface area contributed by atoms with E-state index in [9.17, 15) is 0 Å². The average Bonchev–Trinajstić information content (AvgIpc) is 2.50. The molecular formula is C11H15N3. The summed E-state index contributed by atoms with van der Waals surface area (Å²) in [5.74, 6) is 0. The van der Waals surface area contributed by atoms with Crippen LogP contribution >= 0.6 is 0 Å². The van der Waals surface area contributed by atoms with Crippen LogP contribution < -0.4 is 0 Å². The van der Waals surface area contributed by atoms with E-state index < -0.39 is 0 Å². The number of hydrogen-bond acceptors (Lipinski definition) is 2. The van der Waals surface area contributed by atoms with Crippen LogP contribution in [0.15, 0.2) is 18.6 Å². The Bertz CT molecular complexity index is 463. The Balaban J connectivity index is 2.70. The summed E-state index contributed by atoms with van der Waals surface area (Å²) >= 11 is 0. The Hall–Kier alpha value is -1.38. The Labute approximate surface area is 83.8 Å². The quantitative estimate of drug-likeness (QED) is 0.636. The lowest BCUT2D eigenvalue weighted by Gasteiger charge is -2.18. The molecular weight excluding hydrogens is 174 g/mol. The summed E-state index contributed by atoms with van der Waals surface area (Å²) in [6.07, 6.45) is 5.81. The summed E-state index contributed by atoms with van der Waals surface area (Å²) < 4.78 is 2.03. The van der Waals surface area contributed by atoms with Crippen LogP contribution in [0.25, 0.3) is 5.65 Å². The molecule has 0 fully saturated rings. The van der Waals surface area contributed by atoms with Gasteiger partial charge in [-0.05, 0) is 6.92 Å². The van der Waals surface area contributed by atoms with Gasteiger partial charge < -0.3 is 4.40 Å². The van der Waals surface area contributed by atoms with Gasteiger partial charge in [0.15, 0.2) is 5.65 Å². The zero-order valence-electron chi connectivity index (χ0n) is 9.07. The third-order valence-corrected chi connectivity index (χ3v) is 2.31. The van der Waals surface area contributed by atoms with E-state index in [1.165, 1.54) is 0 Å². The summed E-state index contributed by atoms with van der Waals surface area (Å²) in [5, 5.41) is 0. The maximum absolute atomic E-state index is 4.56. The van der Waals surface area contributed by atoms with E-state index in [2.05, 4.69) is 36.9 Å². The SMILES string of the molecule is Cc1nc(C(C)(C)C)cn2ccnc12. The summed E-state index contributed by atoms with van der Waals surface area (Å²) in [6, 6.07) is 0. The summed E-state index contributed by atoms with van der Waals surface area (Å²) in [7, 11) is 0. The van der Waals surface area contributed by atoms with Crippen molar-refractivity contribution in [1.82, 2.24) is 14.4 Å². The van der Waals surface area contributed by atoms with Crippen molar-refractivity contribution in [3.8, 4) is 0 Å². The molecule has 0 aromatic carbocycles. The molecule has 0 spiro atoms. The van der Waals surface area contributed by atoms with Gasteiger partial charge in [-0.15, -0.1) is 0 Å². The fourth-order valence-corrected chi connectivity index (χ4v) is 1.45. The first-order valence-corrected chi connectivity index (χ1v) is 4.79. The Morgan fingerprint density at radius 1 is 1.29 bits per heavy atom. The van der Waals surface area contributed by atoms with Crippen molar-refractivity contribution >= 4 is 5.65 Å². The van der Waals surface area contributed by atoms with Crippen LogP contribution in [0.1, 0.15) is 32.2 Å². The van der Waals surface area contributed by atoms with Crippen LogP contribution in [-0.4, -0.2) is 14.4 Å². The predicted octanol–water partition coefficient (Wildman–Crippen LogP) is 2.34. The van der Waals surface area contributed by atoms with Gasteiger partial charge in [0, 0.05) is 24.0 Å². The van der Waals surface area contributed by atoms with E-state index in [1.807, 2.05) is 17.5 Å². The fraction of sp³-hybridized carbons (Fsp3) is 0.455. The second-order valence-corrected chi connectivity index (χ2v) is 4.62. The molecule has 0 radical (unpaired) electrons. The number of aryl methyl sites for hydroxylation is 1. The van der Waals surface area contributed by atoms with Crippen LogP contribution in [0.3, 0.4) is 0 Å². The first-order chi connectivity index (χ1) is 6.48. The van der Waals surface area contributed by atoms with E-state index in [0.717, 1.165) is 17.0 Å². The van der Waals surface area contributed by atoms with E-state index in [1.54, 1.807) is 6.20 Å². The van der Waals surface area contributed by atoms with Gasteiger partial charge in [-0.25, -0.2) is 4.98 Å². The maximum Gasteiger partial charge on any atom is 0.158 e. The Morgan fingerprint density at radius 3 is 2.64 bits per heavy atom. The molecule has 0 N–H and O–H groups in total. The van der Waals surface area contributed by atoms with E-state index in [4.69, 9.17) is 0 Å². The Morgan fingerprint density at radius 2 is 2.00 bits per heavy atom. The molecule has 0 saturated carbocycles. The zero-order valence-corrected chi connectivity index (χ0v) is 9.07. The molecule has 0 aliphatic heterocycles. The van der Waals surface area contributed by atoms with Gasteiger partial charge in [-0.2, -0.15) is 0 Å². The highest BCUT2D eigenvalue weighted by Crippen LogP contribution is 2.21. The molecule has 0 unspecified atom stereocenters. The minimum Gasteiger partial charge on any atom is -0.304 e. The van der Waals surface area contributed by atoms with Crippen molar-refractivity contribution in [1.29, 1.82) is 0 Å². The van der Waals surface area contributed by atoms with Gasteiger partial charge in [0.05, 0.1) is 11.4 Å². The number of nitrogens with zero attached hydrogens (tertiary/aromatic N) is 3. The molecule has 2 aromatic heterocycles. The molecule has 0 bridgehead atoms. The van der Waals surface area contributed by atoms with E-state index >= 15 is 0 Å². The molecule has 3 heteroatoms. The topological polar surface area (TPSA) is 30.2 Å². The molecule has 14 heavy (non-hydrogen) atoms. The largest absolute Gasteiger partial charge is 0.304 e. The van der Waals surface area contributed by atoms with Crippen molar-refractivity contribution < 1.29 is 0 Å². The zero-order chi connectivity index (χ0) is 10.3. The summed E-state index contributed by atoms with van der Waals surface area (Å²) in [6.45, 7) is 8.49. The lowest BCUT2D eigenvalue weighted by Crippen LogP contribution is -2.15. The van der Waals surface area contributed by atoms with E-state index in [0.29, 0.717) is 0 Å². The number of aromatic nitrogens is 3. The molecule has 2 rings (SSSR count). The van der Waals surface area contributed by atoms with Crippen molar-refractivity contribution in [3.05, 3.63) is 30.0 Å². The van der Waals surface area contributed by atoms with Crippen molar-refractivity contribution in [2.75, 3.05) is 0 Å². The van der Waals surface area contributed by atoms with E-state index in [-0.39, 0.29) is 5.41 Å². The summed E-state index contributed by atoms with van der Waals surface area (Å²) in [5.41, 5.74) is 3.12. The molecule has 0 saturated heterocycles. The highest BCUT2D eigenvalue weighted by Gasteiger charge is 2.17. The smallest absolute Gasteiger partial charge is 0.158 e. The maximum atomic E-state index is 4.56. The molecule has 2 heterocycles. The van der Waals surface area contributed by atoms with Gasteiger partial charge in [-0.3, -0.25) is 4.98 Å². The third-order valence-electron chi connectivity index (χ3n) is 2.31. The van der Waals surface area contributed by atoms with Crippen molar-refractivity contribution in [2.45, 2.75) is 33.1 Å². The monoisotopic (exact) mass is 189 g/mol. The number of hydrogen-bond donors (Lipinski definition) is 0. The average molecular weight is 189 g/mol. The molecule has 0 aliphatic carbocycles. The highest BCUT2D eigenvalue weighted by atomic mass is 15.0. The number of rotatable bonds is 0. The Kier molecular flexibility index (Phi) is 1.84. The van der Waals surface area contributed by atoms with Crippen molar-refractivity contribution in [2.24, 2.45) is 0 Å². The minimum absolute atomic E-state index is 0.0865. The molecule has 0 amide bonds. The number of imidazole rings is 1. The molecule has 74 valence electrons. The van der Waals surface area contributed by atoms with Crippen LogP contribution in [0.2, 0.25) is 0 Å². The molecule has 2 aromatic rings. The minimum atomic E-state index is 0.0865.